The number of carbonyl (C=O) groups is 3. The van der Waals surface area contributed by atoms with E-state index in [9.17, 15) is 34.8 Å². The van der Waals surface area contributed by atoms with Gasteiger partial charge in [-0.2, -0.15) is 5.48 Å². The molecule has 45 heavy (non-hydrogen) atoms. The number of aromatic nitrogens is 1. The number of amides is 1. The van der Waals surface area contributed by atoms with Crippen LogP contribution >= 0.6 is 0 Å². The number of hydrogen-bond donors (Lipinski definition) is 8. The number of aromatic hydroxyl groups is 2. The molecule has 1 amide bonds. The van der Waals surface area contributed by atoms with E-state index in [-0.39, 0.29) is 49.4 Å². The summed E-state index contributed by atoms with van der Waals surface area (Å²) in [4.78, 5) is 54.2. The third-order valence-corrected chi connectivity index (χ3v) is 9.04. The number of phenolic OH excluding ortho intramolecular Hbond substituents is 2. The summed E-state index contributed by atoms with van der Waals surface area (Å²) in [6.07, 6.45) is 2.00. The first-order valence-electron chi connectivity index (χ1n) is 14.5. The van der Waals surface area contributed by atoms with Crippen molar-refractivity contribution in [2.24, 2.45) is 11.7 Å². The molecular weight excluding hydrogens is 590 g/mol. The van der Waals surface area contributed by atoms with Crippen molar-refractivity contribution in [3.05, 3.63) is 53.2 Å². The molecule has 0 aliphatic carbocycles. The molecule has 240 valence electrons. The maximum Gasteiger partial charge on any atom is 0.332 e. The zero-order chi connectivity index (χ0) is 32.1. The van der Waals surface area contributed by atoms with Crippen LogP contribution in [-0.2, 0) is 36.0 Å². The number of methoxy groups -OCH3 is 1. The molecular formula is C30H35N5O10. The minimum Gasteiger partial charge on any atom is -0.504 e. The van der Waals surface area contributed by atoms with Gasteiger partial charge in [-0.1, -0.05) is 18.2 Å². The summed E-state index contributed by atoms with van der Waals surface area (Å²) in [5, 5.41) is 45.4. The first-order valence-corrected chi connectivity index (χ1v) is 14.5. The van der Waals surface area contributed by atoms with Crippen LogP contribution in [0.1, 0.15) is 42.0 Å². The molecule has 0 saturated carbocycles. The van der Waals surface area contributed by atoms with E-state index in [1.54, 1.807) is 6.20 Å². The summed E-state index contributed by atoms with van der Waals surface area (Å²) < 4.78 is 5.20. The maximum atomic E-state index is 14.7. The van der Waals surface area contributed by atoms with Gasteiger partial charge in [-0.05, 0) is 37.0 Å². The maximum absolute atomic E-state index is 14.7. The number of phenols is 2. The SMILES string of the molecule is COc1c(O)cc2c(c1O)C(C(=O)[C@]13ON1CCC3(N)c1c[nH]c3ccccc13)NC(C(=O)NOC(=O)CCC(CO)CO)C2. The number of aliphatic hydroxyl groups excluding tert-OH is 2. The lowest BCUT2D eigenvalue weighted by Gasteiger charge is -2.36. The summed E-state index contributed by atoms with van der Waals surface area (Å²) in [5.41, 5.74) is 8.07. The number of nitrogens with zero attached hydrogens (tertiary/aromatic N) is 1. The van der Waals surface area contributed by atoms with E-state index in [0.29, 0.717) is 18.5 Å². The number of ether oxygens (including phenoxy) is 1. The molecule has 0 radical (unpaired) electrons. The van der Waals surface area contributed by atoms with Gasteiger partial charge in [0.1, 0.15) is 6.04 Å². The molecule has 3 aliphatic rings. The third-order valence-electron chi connectivity index (χ3n) is 9.04. The normalized spacial score (nSPS) is 26.7. The van der Waals surface area contributed by atoms with Crippen molar-refractivity contribution < 1.29 is 49.2 Å². The number of para-hydroxylation sites is 1. The molecule has 15 heteroatoms. The van der Waals surface area contributed by atoms with Crippen LogP contribution in [0.25, 0.3) is 10.9 Å². The van der Waals surface area contributed by atoms with E-state index in [2.05, 4.69) is 15.8 Å². The van der Waals surface area contributed by atoms with Crippen LogP contribution in [0.4, 0.5) is 0 Å². The number of hydroxylamine groups is 3. The van der Waals surface area contributed by atoms with Crippen LogP contribution in [0.3, 0.4) is 0 Å². The second-order valence-electron chi connectivity index (χ2n) is 11.6. The summed E-state index contributed by atoms with van der Waals surface area (Å²) >= 11 is 0. The highest BCUT2D eigenvalue weighted by Gasteiger charge is 2.78. The van der Waals surface area contributed by atoms with Gasteiger partial charge in [0.2, 0.25) is 17.3 Å². The van der Waals surface area contributed by atoms with Crippen molar-refractivity contribution >= 4 is 28.6 Å². The number of nitrogens with one attached hydrogen (secondary N) is 3. The largest absolute Gasteiger partial charge is 0.504 e. The standard InChI is InChI=1S/C30H35N5O10/c1-43-26-21(38)11-16-10-20(28(42)34-44-22(39)7-6-15(13-36)14-37)33-24(23(16)25(26)40)27(41)30-29(31,8-9-35(30)45-30)18-12-32-19-5-3-2-4-17(18)19/h2-5,11-12,15,20,24,32-33,36-38,40H,6-10,13-14,31H2,1H3,(H,34,42)/t20?,24?,29?,30-,35?/m1/s1. The average molecular weight is 626 g/mol. The number of carbonyl (C=O) groups excluding carboxylic acids is 3. The summed E-state index contributed by atoms with van der Waals surface area (Å²) in [5.74, 6) is -3.81. The van der Waals surface area contributed by atoms with E-state index < -0.39 is 58.4 Å². The first-order chi connectivity index (χ1) is 21.6. The molecule has 0 bridgehead atoms. The molecule has 4 heterocycles. The van der Waals surface area contributed by atoms with Gasteiger partial charge in [0.05, 0.1) is 18.7 Å². The monoisotopic (exact) mass is 625 g/mol. The van der Waals surface area contributed by atoms with Gasteiger partial charge >= 0.3 is 5.97 Å². The molecule has 6 rings (SSSR count). The first kappa shape index (κ1) is 30.8. The van der Waals surface area contributed by atoms with E-state index in [0.717, 1.165) is 10.9 Å². The minimum atomic E-state index is -1.65. The number of rotatable bonds is 10. The highest BCUT2D eigenvalue weighted by atomic mass is 16.9. The van der Waals surface area contributed by atoms with Gasteiger partial charge < -0.3 is 40.7 Å². The fourth-order valence-electron chi connectivity index (χ4n) is 6.56. The molecule has 4 unspecified atom stereocenters. The van der Waals surface area contributed by atoms with Crippen LogP contribution < -0.4 is 21.3 Å². The second kappa shape index (κ2) is 11.6. The Kier molecular flexibility index (Phi) is 7.93. The number of fused-ring (bicyclic) bond motifs is 3. The topological polar surface area (TPSA) is 232 Å². The highest BCUT2D eigenvalue weighted by Crippen LogP contribution is 2.59. The fourth-order valence-corrected chi connectivity index (χ4v) is 6.56. The Labute approximate surface area is 256 Å². The van der Waals surface area contributed by atoms with Crippen molar-refractivity contribution in [1.82, 2.24) is 20.8 Å². The smallest absolute Gasteiger partial charge is 0.332 e. The number of aromatic amines is 1. The van der Waals surface area contributed by atoms with E-state index in [1.165, 1.54) is 18.2 Å². The van der Waals surface area contributed by atoms with E-state index >= 15 is 0 Å². The molecule has 3 aromatic rings. The van der Waals surface area contributed by atoms with Gasteiger partial charge in [-0.3, -0.25) is 19.7 Å². The molecule has 5 atom stereocenters. The molecule has 2 fully saturated rings. The predicted molar refractivity (Wildman–Crippen MR) is 155 cm³/mol. The van der Waals surface area contributed by atoms with Gasteiger partial charge in [0.25, 0.3) is 5.91 Å². The Morgan fingerprint density at radius 2 is 1.98 bits per heavy atom. The Morgan fingerprint density at radius 3 is 2.69 bits per heavy atom. The molecule has 15 nitrogen and oxygen atoms in total. The van der Waals surface area contributed by atoms with Crippen LogP contribution in [0.5, 0.6) is 17.2 Å². The average Bonchev–Trinajstić information content (AvgIpc) is 3.51. The van der Waals surface area contributed by atoms with Crippen LogP contribution in [0.15, 0.2) is 36.5 Å². The summed E-state index contributed by atoms with van der Waals surface area (Å²) in [6.45, 7) is -0.275. The lowest BCUT2D eigenvalue weighted by Crippen LogP contribution is -2.59. The van der Waals surface area contributed by atoms with Crippen LogP contribution in [0, 0.1) is 5.92 Å². The predicted octanol–water partition coefficient (Wildman–Crippen LogP) is -0.131. The Hall–Kier alpha value is -4.25. The minimum absolute atomic E-state index is 0.0905. The number of H-pyrrole nitrogens is 1. The van der Waals surface area contributed by atoms with Gasteiger partial charge in [-0.25, -0.2) is 4.79 Å². The number of aliphatic hydroxyl groups is 2. The Balaban J connectivity index is 1.31. The van der Waals surface area contributed by atoms with E-state index in [4.69, 9.17) is 20.1 Å². The second-order valence-corrected chi connectivity index (χ2v) is 11.6. The molecule has 2 aromatic carbocycles. The van der Waals surface area contributed by atoms with Gasteiger partial charge in [-0.15, -0.1) is 5.06 Å². The van der Waals surface area contributed by atoms with Gasteiger partial charge in [0.15, 0.2) is 11.5 Å². The van der Waals surface area contributed by atoms with Crippen LogP contribution in [-0.4, -0.2) is 86.8 Å². The number of Topliss-reactive ketones (excluding diaryl/α,β-unsaturated/α-hetero) is 1. The number of benzene rings is 2. The summed E-state index contributed by atoms with van der Waals surface area (Å²) in [6, 6.07) is 6.31. The lowest BCUT2D eigenvalue weighted by atomic mass is 9.75. The lowest BCUT2D eigenvalue weighted by molar-refractivity contribution is -0.159. The molecule has 1 aromatic heterocycles. The highest BCUT2D eigenvalue weighted by molar-refractivity contribution is 5.99. The molecule has 2 saturated heterocycles. The molecule has 9 N–H and O–H groups in total. The van der Waals surface area contributed by atoms with Crippen molar-refractivity contribution in [3.8, 4) is 17.2 Å². The van der Waals surface area contributed by atoms with E-state index in [1.807, 2.05) is 24.3 Å². The van der Waals surface area contributed by atoms with Crippen molar-refractivity contribution in [3.63, 3.8) is 0 Å². The third kappa shape index (κ3) is 4.88. The Morgan fingerprint density at radius 1 is 1.22 bits per heavy atom. The molecule has 3 aliphatic heterocycles. The van der Waals surface area contributed by atoms with Crippen molar-refractivity contribution in [2.75, 3.05) is 26.9 Å². The number of hydrogen-bond acceptors (Lipinski definition) is 13. The fraction of sp³-hybridized carbons (Fsp3) is 0.433. The summed E-state index contributed by atoms with van der Waals surface area (Å²) in [7, 11) is 1.26. The zero-order valence-electron chi connectivity index (χ0n) is 24.4. The van der Waals surface area contributed by atoms with Crippen molar-refractivity contribution in [1.29, 1.82) is 0 Å². The Bertz CT molecular complexity index is 1660. The van der Waals surface area contributed by atoms with Crippen molar-refractivity contribution in [2.45, 2.75) is 49.0 Å². The van der Waals surface area contributed by atoms with Gasteiger partial charge in [0, 0.05) is 60.3 Å². The number of nitrogens with two attached hydrogens (primary N) is 1. The van der Waals surface area contributed by atoms with Crippen LogP contribution in [0.2, 0.25) is 0 Å². The number of ketones is 1. The quantitative estimate of drug-likeness (QED) is 0.109. The zero-order valence-corrected chi connectivity index (χ0v) is 24.4. The molecule has 0 spiro atoms.